The zero-order valence-electron chi connectivity index (χ0n) is 11.3. The summed E-state index contributed by atoms with van der Waals surface area (Å²) in [6, 6.07) is 6.54. The number of carbonyl (C=O) groups is 2. The van der Waals surface area contributed by atoms with E-state index in [1.165, 1.54) is 19.2 Å². The fourth-order valence-electron chi connectivity index (χ4n) is 1.97. The first kappa shape index (κ1) is 14.5. The molecule has 1 aliphatic carbocycles. The summed E-state index contributed by atoms with van der Waals surface area (Å²) in [7, 11) is 1.21. The molecule has 1 saturated carbocycles. The lowest BCUT2D eigenvalue weighted by Gasteiger charge is -2.21. The predicted molar refractivity (Wildman–Crippen MR) is 70.4 cm³/mol. The van der Waals surface area contributed by atoms with E-state index in [0.717, 1.165) is 18.4 Å². The van der Waals surface area contributed by atoms with Crippen LogP contribution in [0.3, 0.4) is 0 Å². The monoisotopic (exact) mass is 280 g/mol. The molecule has 6 heteroatoms. The van der Waals surface area contributed by atoms with Crippen LogP contribution in [0.1, 0.15) is 18.4 Å². The second-order valence-electron chi connectivity index (χ2n) is 4.80. The van der Waals surface area contributed by atoms with Crippen molar-refractivity contribution < 1.29 is 18.7 Å². The number of nitrogens with zero attached hydrogens (tertiary/aromatic N) is 1. The first-order valence-electron chi connectivity index (χ1n) is 6.45. The van der Waals surface area contributed by atoms with Crippen LogP contribution in [0.2, 0.25) is 0 Å². The molecule has 0 bridgehead atoms. The number of methoxy groups -OCH3 is 1. The van der Waals surface area contributed by atoms with Gasteiger partial charge in [-0.3, -0.25) is 15.0 Å². The third-order valence-electron chi connectivity index (χ3n) is 3.14. The number of rotatable bonds is 5. The molecule has 2 rings (SSSR count). The van der Waals surface area contributed by atoms with Gasteiger partial charge in [-0.25, -0.2) is 9.18 Å². The highest BCUT2D eigenvalue weighted by Crippen LogP contribution is 2.28. The van der Waals surface area contributed by atoms with Crippen LogP contribution >= 0.6 is 0 Å². The van der Waals surface area contributed by atoms with Gasteiger partial charge in [0.05, 0.1) is 13.7 Å². The minimum Gasteiger partial charge on any atom is -0.453 e. The maximum Gasteiger partial charge on any atom is 0.413 e. The molecule has 0 atom stereocenters. The van der Waals surface area contributed by atoms with Gasteiger partial charge in [0, 0.05) is 12.6 Å². The molecule has 0 aliphatic heterocycles. The van der Waals surface area contributed by atoms with E-state index in [1.807, 2.05) is 4.90 Å². The largest absolute Gasteiger partial charge is 0.453 e. The maximum atomic E-state index is 12.9. The number of hydrogen-bond donors (Lipinski definition) is 1. The number of amides is 2. The van der Waals surface area contributed by atoms with Crippen molar-refractivity contribution >= 4 is 12.0 Å². The van der Waals surface area contributed by atoms with Gasteiger partial charge in [0.1, 0.15) is 5.82 Å². The number of hydrogen-bond acceptors (Lipinski definition) is 4. The first-order chi connectivity index (χ1) is 9.58. The smallest absolute Gasteiger partial charge is 0.413 e. The number of benzene rings is 1. The van der Waals surface area contributed by atoms with Gasteiger partial charge in [0.25, 0.3) is 0 Å². The summed E-state index contributed by atoms with van der Waals surface area (Å²) in [5, 5.41) is 2.14. The molecule has 0 heterocycles. The second-order valence-corrected chi connectivity index (χ2v) is 4.80. The Kier molecular flexibility index (Phi) is 4.68. The Labute approximate surface area is 116 Å². The molecular formula is C14H17FN2O3. The number of alkyl carbamates (subject to hydrolysis) is 1. The molecule has 1 fully saturated rings. The third-order valence-corrected chi connectivity index (χ3v) is 3.14. The summed E-state index contributed by atoms with van der Waals surface area (Å²) in [5.74, 6) is -0.680. The van der Waals surface area contributed by atoms with Crippen molar-refractivity contribution in [3.05, 3.63) is 35.6 Å². The standard InChI is InChI=1S/C14H17FN2O3/c1-20-14(19)16-13(18)9-17(12-6-7-12)8-10-2-4-11(15)5-3-10/h2-5,12H,6-9H2,1H3,(H,16,18,19). The Morgan fingerprint density at radius 1 is 1.35 bits per heavy atom. The predicted octanol–water partition coefficient (Wildman–Crippen LogP) is 1.67. The molecule has 0 spiro atoms. The highest BCUT2D eigenvalue weighted by molar-refractivity contribution is 5.92. The van der Waals surface area contributed by atoms with Crippen LogP contribution in [-0.4, -0.2) is 36.6 Å². The van der Waals surface area contributed by atoms with Crippen molar-refractivity contribution in [3.8, 4) is 0 Å². The lowest BCUT2D eigenvalue weighted by molar-refractivity contribution is -0.121. The molecule has 20 heavy (non-hydrogen) atoms. The van der Waals surface area contributed by atoms with E-state index in [1.54, 1.807) is 12.1 Å². The van der Waals surface area contributed by atoms with E-state index in [2.05, 4.69) is 10.1 Å². The summed E-state index contributed by atoms with van der Waals surface area (Å²) >= 11 is 0. The molecule has 1 N–H and O–H groups in total. The van der Waals surface area contributed by atoms with Crippen LogP contribution < -0.4 is 5.32 Å². The number of carbonyl (C=O) groups excluding carboxylic acids is 2. The average molecular weight is 280 g/mol. The molecule has 1 aromatic carbocycles. The van der Waals surface area contributed by atoms with Crippen LogP contribution in [0.4, 0.5) is 9.18 Å². The molecule has 0 aromatic heterocycles. The Hall–Kier alpha value is -1.95. The van der Waals surface area contributed by atoms with Crippen molar-refractivity contribution in [2.45, 2.75) is 25.4 Å². The summed E-state index contributed by atoms with van der Waals surface area (Å²) in [6.45, 7) is 0.677. The van der Waals surface area contributed by atoms with Crippen molar-refractivity contribution in [3.63, 3.8) is 0 Å². The van der Waals surface area contributed by atoms with Crippen molar-refractivity contribution in [1.82, 2.24) is 10.2 Å². The fourth-order valence-corrected chi connectivity index (χ4v) is 1.97. The van der Waals surface area contributed by atoms with Crippen LogP contribution in [0, 0.1) is 5.82 Å². The van der Waals surface area contributed by atoms with E-state index < -0.39 is 12.0 Å². The fraction of sp³-hybridized carbons (Fsp3) is 0.429. The van der Waals surface area contributed by atoms with E-state index in [9.17, 15) is 14.0 Å². The molecule has 1 aromatic rings. The number of imide groups is 1. The third kappa shape index (κ3) is 4.31. The van der Waals surface area contributed by atoms with Crippen LogP contribution in [0.15, 0.2) is 24.3 Å². The van der Waals surface area contributed by atoms with Gasteiger partial charge in [-0.05, 0) is 30.5 Å². The van der Waals surface area contributed by atoms with Crippen LogP contribution in [0.5, 0.6) is 0 Å². The van der Waals surface area contributed by atoms with Gasteiger partial charge in [0.2, 0.25) is 5.91 Å². The molecule has 1 aliphatic rings. The van der Waals surface area contributed by atoms with E-state index in [0.29, 0.717) is 12.6 Å². The zero-order valence-corrected chi connectivity index (χ0v) is 11.3. The summed E-state index contributed by atoms with van der Waals surface area (Å²) < 4.78 is 17.2. The second kappa shape index (κ2) is 6.47. The summed E-state index contributed by atoms with van der Waals surface area (Å²) in [4.78, 5) is 24.6. The molecule has 5 nitrogen and oxygen atoms in total. The molecule has 2 amide bonds. The highest BCUT2D eigenvalue weighted by atomic mass is 19.1. The first-order valence-corrected chi connectivity index (χ1v) is 6.45. The normalized spacial score (nSPS) is 14.2. The lowest BCUT2D eigenvalue weighted by Crippen LogP contribution is -2.40. The van der Waals surface area contributed by atoms with Gasteiger partial charge in [-0.1, -0.05) is 12.1 Å². The molecule has 0 unspecified atom stereocenters. The Balaban J connectivity index is 1.92. The number of ether oxygens (including phenoxy) is 1. The Morgan fingerprint density at radius 2 is 2.00 bits per heavy atom. The van der Waals surface area contributed by atoms with Crippen LogP contribution in [0.25, 0.3) is 0 Å². The highest BCUT2D eigenvalue weighted by Gasteiger charge is 2.30. The van der Waals surface area contributed by atoms with Crippen molar-refractivity contribution in [1.29, 1.82) is 0 Å². The average Bonchev–Trinajstić information content (AvgIpc) is 3.24. The van der Waals surface area contributed by atoms with E-state index in [4.69, 9.17) is 0 Å². The molecule has 0 saturated heterocycles. The molecular weight excluding hydrogens is 263 g/mol. The van der Waals surface area contributed by atoms with Gasteiger partial charge >= 0.3 is 6.09 Å². The zero-order chi connectivity index (χ0) is 14.5. The minimum absolute atomic E-state index is 0.122. The molecule has 0 radical (unpaired) electrons. The topological polar surface area (TPSA) is 58.6 Å². The van der Waals surface area contributed by atoms with E-state index in [-0.39, 0.29) is 12.4 Å². The van der Waals surface area contributed by atoms with Crippen molar-refractivity contribution in [2.75, 3.05) is 13.7 Å². The SMILES string of the molecule is COC(=O)NC(=O)CN(Cc1ccc(F)cc1)C1CC1. The molecule has 108 valence electrons. The van der Waals surface area contributed by atoms with Gasteiger partial charge in [-0.15, -0.1) is 0 Å². The quantitative estimate of drug-likeness (QED) is 0.891. The van der Waals surface area contributed by atoms with Gasteiger partial charge < -0.3 is 4.74 Å². The number of nitrogens with one attached hydrogen (secondary N) is 1. The number of halogens is 1. The lowest BCUT2D eigenvalue weighted by atomic mass is 10.2. The Bertz CT molecular complexity index is 486. The maximum absolute atomic E-state index is 12.9. The van der Waals surface area contributed by atoms with Gasteiger partial charge in [0.15, 0.2) is 0 Å². The Morgan fingerprint density at radius 3 is 2.55 bits per heavy atom. The van der Waals surface area contributed by atoms with Crippen LogP contribution in [-0.2, 0) is 16.1 Å². The van der Waals surface area contributed by atoms with Crippen molar-refractivity contribution in [2.24, 2.45) is 0 Å². The van der Waals surface area contributed by atoms with E-state index >= 15 is 0 Å². The van der Waals surface area contributed by atoms with Gasteiger partial charge in [-0.2, -0.15) is 0 Å². The minimum atomic E-state index is -0.757. The summed E-state index contributed by atoms with van der Waals surface area (Å²) in [5.41, 5.74) is 0.934. The summed E-state index contributed by atoms with van der Waals surface area (Å²) in [6.07, 6.45) is 1.31.